The number of benzene rings is 2. The lowest BCUT2D eigenvalue weighted by Crippen LogP contribution is -2.35. The third-order valence-electron chi connectivity index (χ3n) is 4.52. The van der Waals surface area contributed by atoms with E-state index in [1.54, 1.807) is 69.3 Å². The fourth-order valence-corrected chi connectivity index (χ4v) is 2.80. The van der Waals surface area contributed by atoms with Gasteiger partial charge in [-0.2, -0.15) is 0 Å². The zero-order chi connectivity index (χ0) is 26.8. The molecule has 1 fully saturated rings. The number of nitrogens with one attached hydrogen (secondary N) is 1. The van der Waals surface area contributed by atoms with Gasteiger partial charge in [-0.3, -0.25) is 4.79 Å². The van der Waals surface area contributed by atoms with Crippen LogP contribution >= 0.6 is 0 Å². The molecular formula is C27H39NO8. The lowest BCUT2D eigenvalue weighted by atomic mass is 10.1. The van der Waals surface area contributed by atoms with Crippen molar-refractivity contribution in [1.29, 1.82) is 0 Å². The van der Waals surface area contributed by atoms with Crippen LogP contribution in [-0.2, 0) is 31.8 Å². The molecule has 4 N–H and O–H groups in total. The van der Waals surface area contributed by atoms with E-state index in [0.29, 0.717) is 12.8 Å². The Bertz CT molecular complexity index is 865. The Kier molecular flexibility index (Phi) is 14.7. The predicted molar refractivity (Wildman–Crippen MR) is 136 cm³/mol. The zero-order valence-corrected chi connectivity index (χ0v) is 21.4. The minimum Gasteiger partial charge on any atom is -0.508 e. The number of alkyl carbamates (subject to hydrolysis) is 1. The van der Waals surface area contributed by atoms with Crippen molar-refractivity contribution in [2.75, 3.05) is 33.0 Å². The van der Waals surface area contributed by atoms with E-state index < -0.39 is 17.7 Å². The number of rotatable bonds is 7. The Balaban J connectivity index is 0.000000350. The molecule has 9 nitrogen and oxygen atoms in total. The fraction of sp³-hybridized carbons (Fsp3) is 0.481. The van der Waals surface area contributed by atoms with Gasteiger partial charge in [0.2, 0.25) is 0 Å². The summed E-state index contributed by atoms with van der Waals surface area (Å²) in [4.78, 5) is 22.8. The molecule has 0 atom stereocenters. The van der Waals surface area contributed by atoms with E-state index in [1.165, 1.54) is 12.8 Å². The summed E-state index contributed by atoms with van der Waals surface area (Å²) in [7, 11) is 0. The Morgan fingerprint density at radius 2 is 1.39 bits per heavy atom. The summed E-state index contributed by atoms with van der Waals surface area (Å²) in [5, 5.41) is 28.8. The molecule has 0 radical (unpaired) electrons. The summed E-state index contributed by atoms with van der Waals surface area (Å²) < 4.78 is 14.9. The molecule has 0 bridgehead atoms. The molecule has 2 aromatic rings. The van der Waals surface area contributed by atoms with Gasteiger partial charge in [-0.05, 0) is 75.4 Å². The van der Waals surface area contributed by atoms with Crippen LogP contribution in [-0.4, -0.2) is 66.0 Å². The molecule has 0 aromatic heterocycles. The number of carbonyl (C=O) groups is 2. The van der Waals surface area contributed by atoms with Crippen LogP contribution in [0.15, 0.2) is 48.5 Å². The van der Waals surface area contributed by atoms with Crippen molar-refractivity contribution < 1.29 is 39.1 Å². The molecule has 3 rings (SSSR count). The van der Waals surface area contributed by atoms with Crippen LogP contribution in [0.1, 0.15) is 44.7 Å². The highest BCUT2D eigenvalue weighted by atomic mass is 16.6. The number of hydrogen-bond donors (Lipinski definition) is 4. The summed E-state index contributed by atoms with van der Waals surface area (Å²) in [5.41, 5.74) is 1.40. The first-order valence-electron chi connectivity index (χ1n) is 12.0. The standard InChI is InChI=1S/C15H21NO5.C8H10O2.C4H8O/c1-15(2,3)21-13(18)10-16-14(19)20-9-8-11-4-6-12(17)7-5-11;9-6-5-7-1-3-8(10)4-2-7;1-2-4-5-3-1/h4-7,17H,8-10H2,1-3H3,(H,16,19);1-4,9-10H,5-6H2;1-4H2. The summed E-state index contributed by atoms with van der Waals surface area (Å²) >= 11 is 0. The number of aromatic hydroxyl groups is 2. The number of carbonyl (C=O) groups excluding carboxylic acids is 2. The van der Waals surface area contributed by atoms with E-state index in [-0.39, 0.29) is 31.3 Å². The van der Waals surface area contributed by atoms with Gasteiger partial charge in [-0.15, -0.1) is 0 Å². The van der Waals surface area contributed by atoms with Crippen molar-refractivity contribution in [3.8, 4) is 11.5 Å². The maximum absolute atomic E-state index is 11.4. The van der Waals surface area contributed by atoms with Crippen LogP contribution < -0.4 is 5.32 Å². The third-order valence-corrected chi connectivity index (χ3v) is 4.52. The number of aliphatic hydroxyl groups excluding tert-OH is 1. The molecule has 0 saturated carbocycles. The van der Waals surface area contributed by atoms with E-state index in [4.69, 9.17) is 29.5 Å². The highest BCUT2D eigenvalue weighted by molar-refractivity contribution is 5.78. The normalized spacial score (nSPS) is 12.3. The highest BCUT2D eigenvalue weighted by Gasteiger charge is 2.16. The molecule has 0 unspecified atom stereocenters. The largest absolute Gasteiger partial charge is 0.508 e. The van der Waals surface area contributed by atoms with Gasteiger partial charge in [0, 0.05) is 26.2 Å². The quantitative estimate of drug-likeness (QED) is 0.418. The second kappa shape index (κ2) is 17.2. The van der Waals surface area contributed by atoms with Crippen molar-refractivity contribution in [3.63, 3.8) is 0 Å². The predicted octanol–water partition coefficient (Wildman–Crippen LogP) is 3.73. The minimum absolute atomic E-state index is 0.158. The molecule has 1 aliphatic rings. The van der Waals surface area contributed by atoms with Crippen LogP contribution in [0.25, 0.3) is 0 Å². The summed E-state index contributed by atoms with van der Waals surface area (Å²) in [6.07, 6.45) is 3.07. The molecule has 0 aliphatic carbocycles. The van der Waals surface area contributed by atoms with Gasteiger partial charge in [-0.1, -0.05) is 24.3 Å². The summed E-state index contributed by atoms with van der Waals surface area (Å²) in [6, 6.07) is 13.5. The lowest BCUT2D eigenvalue weighted by Gasteiger charge is -2.19. The lowest BCUT2D eigenvalue weighted by molar-refractivity contribution is -0.153. The van der Waals surface area contributed by atoms with Gasteiger partial charge in [0.15, 0.2) is 0 Å². The monoisotopic (exact) mass is 505 g/mol. The van der Waals surface area contributed by atoms with Crippen LogP contribution in [0.3, 0.4) is 0 Å². The average Bonchev–Trinajstić information content (AvgIpc) is 3.41. The van der Waals surface area contributed by atoms with Crippen LogP contribution in [0.5, 0.6) is 11.5 Å². The third kappa shape index (κ3) is 16.3. The Morgan fingerprint density at radius 1 is 0.889 bits per heavy atom. The number of esters is 1. The molecule has 36 heavy (non-hydrogen) atoms. The second-order valence-corrected chi connectivity index (χ2v) is 8.95. The van der Waals surface area contributed by atoms with Gasteiger partial charge < -0.3 is 34.8 Å². The van der Waals surface area contributed by atoms with Gasteiger partial charge >= 0.3 is 12.1 Å². The number of aliphatic hydroxyl groups is 1. The summed E-state index contributed by atoms with van der Waals surface area (Å²) in [6.45, 7) is 7.37. The van der Waals surface area contributed by atoms with Crippen molar-refractivity contribution in [3.05, 3.63) is 59.7 Å². The number of amides is 1. The van der Waals surface area contributed by atoms with E-state index in [9.17, 15) is 9.59 Å². The first kappa shape index (κ1) is 30.7. The maximum Gasteiger partial charge on any atom is 0.407 e. The van der Waals surface area contributed by atoms with Crippen LogP contribution in [0.2, 0.25) is 0 Å². The van der Waals surface area contributed by atoms with Gasteiger partial charge in [0.1, 0.15) is 23.6 Å². The fourth-order valence-electron chi connectivity index (χ4n) is 2.80. The molecule has 1 aliphatic heterocycles. The minimum atomic E-state index is -0.667. The first-order chi connectivity index (χ1) is 17.1. The molecular weight excluding hydrogens is 466 g/mol. The molecule has 200 valence electrons. The van der Waals surface area contributed by atoms with E-state index >= 15 is 0 Å². The van der Waals surface area contributed by atoms with E-state index in [1.807, 2.05) is 0 Å². The SMILES string of the molecule is C1CCOC1.CC(C)(C)OC(=O)CNC(=O)OCCc1ccc(O)cc1.OCCc1ccc(O)cc1. The van der Waals surface area contributed by atoms with Crippen molar-refractivity contribution in [2.24, 2.45) is 0 Å². The number of hydrogen-bond acceptors (Lipinski definition) is 8. The molecule has 1 saturated heterocycles. The van der Waals surface area contributed by atoms with Crippen molar-refractivity contribution >= 4 is 12.1 Å². The second-order valence-electron chi connectivity index (χ2n) is 8.95. The molecule has 9 heteroatoms. The maximum atomic E-state index is 11.4. The van der Waals surface area contributed by atoms with Gasteiger partial charge in [0.25, 0.3) is 0 Å². The van der Waals surface area contributed by atoms with Crippen molar-refractivity contribution in [1.82, 2.24) is 5.32 Å². The number of phenolic OH excluding ortho intramolecular Hbond substituents is 2. The highest BCUT2D eigenvalue weighted by Crippen LogP contribution is 2.10. The van der Waals surface area contributed by atoms with Gasteiger partial charge in [-0.25, -0.2) is 4.79 Å². The van der Waals surface area contributed by atoms with Crippen LogP contribution in [0, 0.1) is 0 Å². The van der Waals surface area contributed by atoms with Crippen molar-refractivity contribution in [2.45, 2.75) is 52.1 Å². The first-order valence-corrected chi connectivity index (χ1v) is 12.0. The smallest absolute Gasteiger partial charge is 0.407 e. The van der Waals surface area contributed by atoms with Crippen LogP contribution in [0.4, 0.5) is 4.79 Å². The molecule has 0 spiro atoms. The average molecular weight is 506 g/mol. The Labute approximate surface area is 213 Å². The Morgan fingerprint density at radius 3 is 1.81 bits per heavy atom. The van der Waals surface area contributed by atoms with E-state index in [0.717, 1.165) is 24.3 Å². The zero-order valence-electron chi connectivity index (χ0n) is 21.4. The summed E-state index contributed by atoms with van der Waals surface area (Å²) in [5.74, 6) is -0.0607. The molecule has 1 amide bonds. The Hall–Kier alpha value is -3.30. The molecule has 1 heterocycles. The number of phenols is 2. The topological polar surface area (TPSA) is 135 Å². The molecule has 2 aromatic carbocycles. The van der Waals surface area contributed by atoms with Gasteiger partial charge in [0.05, 0.1) is 6.61 Å². The number of ether oxygens (including phenoxy) is 3. The van der Waals surface area contributed by atoms with E-state index in [2.05, 4.69) is 5.32 Å².